The zero-order valence-electron chi connectivity index (χ0n) is 10.4. The number of carbonyl (C=O) groups excluding carboxylic acids is 2. The maximum atomic E-state index is 11.7. The van der Waals surface area contributed by atoms with Crippen LogP contribution in [0.3, 0.4) is 0 Å². The summed E-state index contributed by atoms with van der Waals surface area (Å²) < 4.78 is 0. The molecular formula is C13H16ClN3O2. The minimum atomic E-state index is -0.710. The number of nitrogen functional groups attached to an aromatic ring is 1. The molecule has 1 aromatic carbocycles. The molecule has 102 valence electrons. The van der Waals surface area contributed by atoms with Gasteiger partial charge in [-0.3, -0.25) is 9.59 Å². The maximum Gasteiger partial charge on any atom is 0.313 e. The number of halogens is 1. The quantitative estimate of drug-likeness (QED) is 0.572. The fraction of sp³-hybridized carbons (Fsp3) is 0.385. The predicted molar refractivity (Wildman–Crippen MR) is 74.9 cm³/mol. The molecular weight excluding hydrogens is 266 g/mol. The van der Waals surface area contributed by atoms with E-state index in [0.717, 1.165) is 25.7 Å². The van der Waals surface area contributed by atoms with Crippen molar-refractivity contribution < 1.29 is 9.59 Å². The lowest BCUT2D eigenvalue weighted by Gasteiger charge is -2.12. The summed E-state index contributed by atoms with van der Waals surface area (Å²) in [4.78, 5) is 23.4. The second-order valence-electron chi connectivity index (χ2n) is 4.65. The van der Waals surface area contributed by atoms with Gasteiger partial charge in [-0.2, -0.15) is 0 Å². The Balaban J connectivity index is 1.94. The molecule has 0 saturated heterocycles. The number of nitrogens with two attached hydrogens (primary N) is 1. The SMILES string of the molecule is Nc1ccc(NC(=O)C(=O)NC2CCCC2)c(Cl)c1. The Labute approximate surface area is 116 Å². The molecule has 1 aliphatic carbocycles. The van der Waals surface area contributed by atoms with Crippen LogP contribution in [0.5, 0.6) is 0 Å². The van der Waals surface area contributed by atoms with Gasteiger partial charge in [0, 0.05) is 11.7 Å². The number of nitrogens with one attached hydrogen (secondary N) is 2. The Bertz CT molecular complexity index is 499. The third-order valence-corrected chi connectivity index (χ3v) is 3.45. The van der Waals surface area contributed by atoms with E-state index >= 15 is 0 Å². The van der Waals surface area contributed by atoms with E-state index in [9.17, 15) is 9.59 Å². The predicted octanol–water partition coefficient (Wildman–Crippen LogP) is 1.92. The van der Waals surface area contributed by atoms with E-state index in [1.807, 2.05) is 0 Å². The second-order valence-corrected chi connectivity index (χ2v) is 5.06. The molecule has 0 aromatic heterocycles. The topological polar surface area (TPSA) is 84.2 Å². The molecule has 1 aliphatic rings. The van der Waals surface area contributed by atoms with Gasteiger partial charge < -0.3 is 16.4 Å². The minimum Gasteiger partial charge on any atom is -0.399 e. The van der Waals surface area contributed by atoms with E-state index < -0.39 is 11.8 Å². The molecule has 5 nitrogen and oxygen atoms in total. The Morgan fingerprint density at radius 1 is 1.21 bits per heavy atom. The lowest BCUT2D eigenvalue weighted by atomic mass is 10.2. The molecule has 1 aromatic rings. The van der Waals surface area contributed by atoms with Crippen molar-refractivity contribution in [2.24, 2.45) is 0 Å². The number of benzene rings is 1. The average Bonchev–Trinajstić information content (AvgIpc) is 2.85. The minimum absolute atomic E-state index is 0.111. The largest absolute Gasteiger partial charge is 0.399 e. The summed E-state index contributed by atoms with van der Waals surface area (Å²) in [6, 6.07) is 4.81. The molecule has 0 aliphatic heterocycles. The first-order valence-electron chi connectivity index (χ1n) is 6.23. The Kier molecular flexibility index (Phi) is 4.27. The van der Waals surface area contributed by atoms with Gasteiger partial charge in [0.2, 0.25) is 0 Å². The van der Waals surface area contributed by atoms with Gasteiger partial charge in [0.05, 0.1) is 10.7 Å². The lowest BCUT2D eigenvalue weighted by Crippen LogP contribution is -2.40. The van der Waals surface area contributed by atoms with E-state index in [1.54, 1.807) is 12.1 Å². The summed E-state index contributed by atoms with van der Waals surface area (Å²) >= 11 is 5.92. The van der Waals surface area contributed by atoms with Crippen LogP contribution < -0.4 is 16.4 Å². The van der Waals surface area contributed by atoms with Crippen molar-refractivity contribution in [1.82, 2.24) is 5.32 Å². The van der Waals surface area contributed by atoms with Crippen LogP contribution in [0, 0.1) is 0 Å². The molecule has 6 heteroatoms. The van der Waals surface area contributed by atoms with Gasteiger partial charge in [-0.05, 0) is 31.0 Å². The van der Waals surface area contributed by atoms with Crippen LogP contribution in [0.25, 0.3) is 0 Å². The number of rotatable bonds is 2. The third kappa shape index (κ3) is 3.61. The van der Waals surface area contributed by atoms with Gasteiger partial charge in [0.25, 0.3) is 0 Å². The van der Waals surface area contributed by atoms with E-state index in [1.165, 1.54) is 6.07 Å². The molecule has 19 heavy (non-hydrogen) atoms. The highest BCUT2D eigenvalue weighted by atomic mass is 35.5. The van der Waals surface area contributed by atoms with Crippen molar-refractivity contribution in [3.8, 4) is 0 Å². The van der Waals surface area contributed by atoms with Crippen molar-refractivity contribution >= 4 is 34.8 Å². The summed E-state index contributed by atoms with van der Waals surface area (Å²) in [5, 5.41) is 5.49. The fourth-order valence-corrected chi connectivity index (χ4v) is 2.37. The smallest absolute Gasteiger partial charge is 0.313 e. The monoisotopic (exact) mass is 281 g/mol. The average molecular weight is 282 g/mol. The number of anilines is 2. The molecule has 2 amide bonds. The molecule has 0 bridgehead atoms. The van der Waals surface area contributed by atoms with Crippen molar-refractivity contribution in [2.45, 2.75) is 31.7 Å². The van der Waals surface area contributed by atoms with E-state index in [4.69, 9.17) is 17.3 Å². The van der Waals surface area contributed by atoms with Gasteiger partial charge in [-0.1, -0.05) is 24.4 Å². The highest BCUT2D eigenvalue weighted by molar-refractivity contribution is 6.41. The molecule has 0 spiro atoms. The molecule has 0 unspecified atom stereocenters. The molecule has 0 heterocycles. The van der Waals surface area contributed by atoms with E-state index in [2.05, 4.69) is 10.6 Å². The van der Waals surface area contributed by atoms with Crippen LogP contribution in [-0.2, 0) is 9.59 Å². The summed E-state index contributed by atoms with van der Waals surface area (Å²) in [6.45, 7) is 0. The first-order valence-corrected chi connectivity index (χ1v) is 6.61. The van der Waals surface area contributed by atoms with Gasteiger partial charge in [0.15, 0.2) is 0 Å². The maximum absolute atomic E-state index is 11.7. The van der Waals surface area contributed by atoms with Crippen LogP contribution in [-0.4, -0.2) is 17.9 Å². The van der Waals surface area contributed by atoms with Crippen LogP contribution in [0.2, 0.25) is 5.02 Å². The summed E-state index contributed by atoms with van der Waals surface area (Å²) in [7, 11) is 0. The van der Waals surface area contributed by atoms with Crippen molar-refractivity contribution in [3.05, 3.63) is 23.2 Å². The highest BCUT2D eigenvalue weighted by Crippen LogP contribution is 2.24. The number of hydrogen-bond acceptors (Lipinski definition) is 3. The molecule has 2 rings (SSSR count). The summed E-state index contributed by atoms with van der Waals surface area (Å²) in [5.74, 6) is -1.33. The first kappa shape index (κ1) is 13.7. The zero-order chi connectivity index (χ0) is 13.8. The molecule has 0 atom stereocenters. The van der Waals surface area contributed by atoms with Crippen LogP contribution in [0.4, 0.5) is 11.4 Å². The number of amides is 2. The second kappa shape index (κ2) is 5.93. The first-order chi connectivity index (χ1) is 9.06. The van der Waals surface area contributed by atoms with Crippen LogP contribution >= 0.6 is 11.6 Å². The van der Waals surface area contributed by atoms with Gasteiger partial charge in [0.1, 0.15) is 0 Å². The van der Waals surface area contributed by atoms with Gasteiger partial charge >= 0.3 is 11.8 Å². The molecule has 1 saturated carbocycles. The van der Waals surface area contributed by atoms with E-state index in [-0.39, 0.29) is 6.04 Å². The fourth-order valence-electron chi connectivity index (χ4n) is 2.13. The summed E-state index contributed by atoms with van der Waals surface area (Å²) in [5.41, 5.74) is 6.43. The van der Waals surface area contributed by atoms with Crippen molar-refractivity contribution in [3.63, 3.8) is 0 Å². The van der Waals surface area contributed by atoms with E-state index in [0.29, 0.717) is 16.4 Å². The van der Waals surface area contributed by atoms with Crippen LogP contribution in [0.1, 0.15) is 25.7 Å². The summed E-state index contributed by atoms with van der Waals surface area (Å²) in [6.07, 6.45) is 4.05. The normalized spacial score (nSPS) is 15.2. The Morgan fingerprint density at radius 2 is 1.89 bits per heavy atom. The van der Waals surface area contributed by atoms with Gasteiger partial charge in [-0.15, -0.1) is 0 Å². The molecule has 1 fully saturated rings. The van der Waals surface area contributed by atoms with Crippen molar-refractivity contribution in [1.29, 1.82) is 0 Å². The lowest BCUT2D eigenvalue weighted by molar-refractivity contribution is -0.136. The standard InChI is InChI=1S/C13H16ClN3O2/c14-10-7-8(15)5-6-11(10)17-13(19)12(18)16-9-3-1-2-4-9/h5-7,9H,1-4,15H2,(H,16,18)(H,17,19). The highest BCUT2D eigenvalue weighted by Gasteiger charge is 2.21. The Hall–Kier alpha value is -1.75. The third-order valence-electron chi connectivity index (χ3n) is 3.14. The van der Waals surface area contributed by atoms with Crippen LogP contribution in [0.15, 0.2) is 18.2 Å². The molecule has 4 N–H and O–H groups in total. The zero-order valence-corrected chi connectivity index (χ0v) is 11.2. The van der Waals surface area contributed by atoms with Gasteiger partial charge in [-0.25, -0.2) is 0 Å². The van der Waals surface area contributed by atoms with Crippen molar-refractivity contribution in [2.75, 3.05) is 11.1 Å². The number of hydrogen-bond donors (Lipinski definition) is 3. The molecule has 0 radical (unpaired) electrons. The Morgan fingerprint density at radius 3 is 2.53 bits per heavy atom. The number of carbonyl (C=O) groups is 2.